The maximum atomic E-state index is 13.3. The molecule has 0 bridgehead atoms. The number of halogens is 1. The Labute approximate surface area is 92.2 Å². The van der Waals surface area contributed by atoms with E-state index < -0.39 is 11.8 Å². The fraction of sp³-hybridized carbons (Fsp3) is 0.273. The van der Waals surface area contributed by atoms with E-state index in [9.17, 15) is 9.18 Å². The highest BCUT2D eigenvalue weighted by molar-refractivity contribution is 5.92. The van der Waals surface area contributed by atoms with E-state index in [1.165, 1.54) is 13.2 Å². The predicted molar refractivity (Wildman–Crippen MR) is 53.6 cm³/mol. The lowest BCUT2D eigenvalue weighted by Crippen LogP contribution is -2.08. The van der Waals surface area contributed by atoms with E-state index in [0.717, 1.165) is 6.07 Å². The molecule has 0 saturated heterocycles. The van der Waals surface area contributed by atoms with E-state index in [-0.39, 0.29) is 23.5 Å². The molecule has 0 aliphatic rings. The van der Waals surface area contributed by atoms with Gasteiger partial charge >= 0.3 is 5.97 Å². The van der Waals surface area contributed by atoms with E-state index in [1.807, 2.05) is 0 Å². The molecule has 0 saturated carbocycles. The number of nitriles is 1. The van der Waals surface area contributed by atoms with Crippen LogP contribution in [0.1, 0.15) is 22.8 Å². The minimum absolute atomic E-state index is 0.0247. The zero-order chi connectivity index (χ0) is 12.1. The molecular weight excluding hydrogens is 213 g/mol. The first kappa shape index (κ1) is 12.0. The summed E-state index contributed by atoms with van der Waals surface area (Å²) in [6.07, 6.45) is 0. The number of hydrogen-bond acceptors (Lipinski definition) is 4. The highest BCUT2D eigenvalue weighted by Gasteiger charge is 2.16. The van der Waals surface area contributed by atoms with Crippen molar-refractivity contribution in [3.8, 4) is 11.8 Å². The Morgan fingerprint density at radius 1 is 1.56 bits per heavy atom. The molecule has 1 aromatic rings. The van der Waals surface area contributed by atoms with Crippen LogP contribution in [0, 0.1) is 17.1 Å². The summed E-state index contributed by atoms with van der Waals surface area (Å²) in [5, 5.41) is 8.81. The van der Waals surface area contributed by atoms with E-state index in [4.69, 9.17) is 14.7 Å². The minimum Gasteiger partial charge on any atom is -0.494 e. The van der Waals surface area contributed by atoms with Crippen molar-refractivity contribution in [2.24, 2.45) is 0 Å². The predicted octanol–water partition coefficient (Wildman–Crippen LogP) is 1.88. The molecule has 0 aliphatic heterocycles. The number of esters is 1. The molecule has 5 heteroatoms. The average molecular weight is 223 g/mol. The normalized spacial score (nSPS) is 9.38. The van der Waals surface area contributed by atoms with Crippen LogP contribution in [0.2, 0.25) is 0 Å². The first-order chi connectivity index (χ1) is 7.63. The standard InChI is InChI=1S/C11H10FNO3/c1-3-16-11(14)8-5-9(12)10(15-2)4-7(8)6-13/h4-5H,3H2,1-2H3. The highest BCUT2D eigenvalue weighted by atomic mass is 19.1. The highest BCUT2D eigenvalue weighted by Crippen LogP contribution is 2.22. The lowest BCUT2D eigenvalue weighted by atomic mass is 10.1. The molecule has 0 amide bonds. The van der Waals surface area contributed by atoms with Crippen LogP contribution in [-0.2, 0) is 4.74 Å². The van der Waals surface area contributed by atoms with Gasteiger partial charge in [-0.2, -0.15) is 5.26 Å². The average Bonchev–Trinajstić information content (AvgIpc) is 2.29. The minimum atomic E-state index is -0.722. The first-order valence-corrected chi connectivity index (χ1v) is 4.58. The summed E-state index contributed by atoms with van der Waals surface area (Å²) < 4.78 is 22.7. The summed E-state index contributed by atoms with van der Waals surface area (Å²) in [5.74, 6) is -1.50. The Hall–Kier alpha value is -2.09. The molecule has 0 unspecified atom stereocenters. The van der Waals surface area contributed by atoms with Crippen molar-refractivity contribution in [2.75, 3.05) is 13.7 Å². The summed E-state index contributed by atoms with van der Waals surface area (Å²) >= 11 is 0. The van der Waals surface area contributed by atoms with Crippen molar-refractivity contribution in [2.45, 2.75) is 6.92 Å². The van der Waals surface area contributed by atoms with Gasteiger partial charge in [0.05, 0.1) is 24.8 Å². The Bertz CT molecular complexity index is 451. The van der Waals surface area contributed by atoms with Gasteiger partial charge in [0, 0.05) is 6.07 Å². The monoisotopic (exact) mass is 223 g/mol. The third-order valence-electron chi connectivity index (χ3n) is 1.91. The fourth-order valence-electron chi connectivity index (χ4n) is 1.18. The van der Waals surface area contributed by atoms with Gasteiger partial charge in [-0.25, -0.2) is 9.18 Å². The van der Waals surface area contributed by atoms with Crippen LogP contribution in [0.4, 0.5) is 4.39 Å². The second-order valence-corrected chi connectivity index (χ2v) is 2.86. The lowest BCUT2D eigenvalue weighted by molar-refractivity contribution is 0.0525. The Morgan fingerprint density at radius 2 is 2.25 bits per heavy atom. The SMILES string of the molecule is CCOC(=O)c1cc(F)c(OC)cc1C#N. The van der Waals surface area contributed by atoms with Gasteiger partial charge in [-0.3, -0.25) is 0 Å². The number of nitrogens with zero attached hydrogens (tertiary/aromatic N) is 1. The lowest BCUT2D eigenvalue weighted by Gasteiger charge is -2.07. The van der Waals surface area contributed by atoms with Crippen LogP contribution in [0.5, 0.6) is 5.75 Å². The quantitative estimate of drug-likeness (QED) is 0.734. The van der Waals surface area contributed by atoms with Crippen molar-refractivity contribution in [3.63, 3.8) is 0 Å². The second-order valence-electron chi connectivity index (χ2n) is 2.86. The molecule has 0 atom stereocenters. The number of methoxy groups -OCH3 is 1. The van der Waals surface area contributed by atoms with Gasteiger partial charge in [0.15, 0.2) is 11.6 Å². The zero-order valence-electron chi connectivity index (χ0n) is 8.91. The van der Waals surface area contributed by atoms with Gasteiger partial charge in [-0.15, -0.1) is 0 Å². The van der Waals surface area contributed by atoms with Crippen LogP contribution in [0.25, 0.3) is 0 Å². The van der Waals surface area contributed by atoms with E-state index in [1.54, 1.807) is 13.0 Å². The van der Waals surface area contributed by atoms with Crippen LogP contribution < -0.4 is 4.74 Å². The van der Waals surface area contributed by atoms with Gasteiger partial charge in [0.1, 0.15) is 6.07 Å². The van der Waals surface area contributed by atoms with Crippen molar-refractivity contribution < 1.29 is 18.7 Å². The molecule has 1 rings (SSSR count). The molecule has 0 aliphatic carbocycles. The summed E-state index contributed by atoms with van der Waals surface area (Å²) in [4.78, 5) is 11.4. The molecule has 0 N–H and O–H groups in total. The van der Waals surface area contributed by atoms with Crippen LogP contribution in [0.3, 0.4) is 0 Å². The third kappa shape index (κ3) is 2.28. The second kappa shape index (κ2) is 5.12. The Balaban J connectivity index is 3.24. The van der Waals surface area contributed by atoms with Crippen molar-refractivity contribution in [1.82, 2.24) is 0 Å². The summed E-state index contributed by atoms with van der Waals surface area (Å²) in [7, 11) is 1.28. The summed E-state index contributed by atoms with van der Waals surface area (Å²) in [6, 6.07) is 3.90. The van der Waals surface area contributed by atoms with Crippen LogP contribution in [0.15, 0.2) is 12.1 Å². The Kier molecular flexibility index (Phi) is 3.84. The first-order valence-electron chi connectivity index (χ1n) is 4.58. The molecule has 0 radical (unpaired) electrons. The number of carbonyl (C=O) groups is 1. The zero-order valence-corrected chi connectivity index (χ0v) is 8.91. The molecule has 0 fully saturated rings. The molecule has 1 aromatic carbocycles. The number of hydrogen-bond donors (Lipinski definition) is 0. The van der Waals surface area contributed by atoms with Gasteiger partial charge in [0.25, 0.3) is 0 Å². The third-order valence-corrected chi connectivity index (χ3v) is 1.91. The molecule has 0 spiro atoms. The van der Waals surface area contributed by atoms with Crippen LogP contribution in [-0.4, -0.2) is 19.7 Å². The van der Waals surface area contributed by atoms with Gasteiger partial charge in [-0.05, 0) is 13.0 Å². The smallest absolute Gasteiger partial charge is 0.339 e. The topological polar surface area (TPSA) is 59.3 Å². The fourth-order valence-corrected chi connectivity index (χ4v) is 1.18. The Morgan fingerprint density at radius 3 is 2.75 bits per heavy atom. The van der Waals surface area contributed by atoms with Crippen molar-refractivity contribution in [1.29, 1.82) is 5.26 Å². The van der Waals surface area contributed by atoms with E-state index >= 15 is 0 Å². The van der Waals surface area contributed by atoms with Crippen molar-refractivity contribution in [3.05, 3.63) is 29.1 Å². The van der Waals surface area contributed by atoms with Gasteiger partial charge in [0.2, 0.25) is 0 Å². The summed E-state index contributed by atoms with van der Waals surface area (Å²) in [5.41, 5.74) is -0.0700. The number of benzene rings is 1. The molecular formula is C11H10FNO3. The number of ether oxygens (including phenoxy) is 2. The molecule has 4 nitrogen and oxygen atoms in total. The molecule has 84 valence electrons. The maximum Gasteiger partial charge on any atom is 0.339 e. The van der Waals surface area contributed by atoms with Gasteiger partial charge in [-0.1, -0.05) is 0 Å². The van der Waals surface area contributed by atoms with E-state index in [0.29, 0.717) is 0 Å². The van der Waals surface area contributed by atoms with Crippen LogP contribution >= 0.6 is 0 Å². The molecule has 16 heavy (non-hydrogen) atoms. The maximum absolute atomic E-state index is 13.3. The summed E-state index contributed by atoms with van der Waals surface area (Å²) in [6.45, 7) is 1.79. The molecule has 0 heterocycles. The number of rotatable bonds is 3. The number of carbonyl (C=O) groups excluding carboxylic acids is 1. The molecule has 0 aromatic heterocycles. The largest absolute Gasteiger partial charge is 0.494 e. The van der Waals surface area contributed by atoms with E-state index in [2.05, 4.69) is 0 Å². The van der Waals surface area contributed by atoms with Crippen molar-refractivity contribution >= 4 is 5.97 Å². The van der Waals surface area contributed by atoms with Gasteiger partial charge < -0.3 is 9.47 Å².